The highest BCUT2D eigenvalue weighted by Crippen LogP contribution is 2.32. The highest BCUT2D eigenvalue weighted by Gasteiger charge is 2.52. The Hall–Kier alpha value is -2.95. The molecule has 13 heteroatoms. The molecule has 2 fully saturated rings. The number of halogens is 3. The van der Waals surface area contributed by atoms with Crippen LogP contribution in [0.1, 0.15) is 12.0 Å². The minimum Gasteiger partial charge on any atom is -0.380 e. The molecular formula is C21H28F3N7O3. The van der Waals surface area contributed by atoms with Gasteiger partial charge in [-0.1, -0.05) is 0 Å². The molecule has 2 atom stereocenters. The Balaban J connectivity index is 1.34. The second-order valence-corrected chi connectivity index (χ2v) is 8.18. The minimum atomic E-state index is -4.64. The lowest BCUT2D eigenvalue weighted by molar-refractivity contribution is -0.199. The summed E-state index contributed by atoms with van der Waals surface area (Å²) in [6.07, 6.45) is -2.94. The summed E-state index contributed by atoms with van der Waals surface area (Å²) in [4.78, 5) is 33.6. The van der Waals surface area contributed by atoms with Crippen LogP contribution in [-0.2, 0) is 14.3 Å². The predicted octanol–water partition coefficient (Wildman–Crippen LogP) is 0.122. The molecular weight excluding hydrogens is 455 g/mol. The van der Waals surface area contributed by atoms with Crippen LogP contribution in [0.4, 0.5) is 19.0 Å². The Morgan fingerprint density at radius 2 is 2.03 bits per heavy atom. The molecule has 0 aromatic carbocycles. The Morgan fingerprint density at radius 1 is 1.29 bits per heavy atom. The van der Waals surface area contributed by atoms with Gasteiger partial charge in [-0.15, -0.1) is 0 Å². The average Bonchev–Trinajstić information content (AvgIpc) is 2.82. The van der Waals surface area contributed by atoms with Crippen molar-refractivity contribution >= 4 is 17.6 Å². The SMILES string of the molecule is CN(CCOCCC(=O)N1CCN(c2ccc(C#N)cn2)CC1)C1CNNC(=O)C1C(F)(F)F. The summed E-state index contributed by atoms with van der Waals surface area (Å²) in [5, 5.41) is 8.86. The number of carbonyl (C=O) groups excluding carboxylic acids is 2. The van der Waals surface area contributed by atoms with Crippen LogP contribution in [0, 0.1) is 17.2 Å². The first kappa shape index (κ1) is 25.7. The number of likely N-dealkylation sites (N-methyl/N-ethyl adjacent to an activating group) is 1. The van der Waals surface area contributed by atoms with Crippen molar-refractivity contribution in [3.63, 3.8) is 0 Å². The number of carbonyl (C=O) groups is 2. The maximum Gasteiger partial charge on any atom is 0.402 e. The van der Waals surface area contributed by atoms with Crippen molar-refractivity contribution < 1.29 is 27.5 Å². The number of alkyl halides is 3. The zero-order valence-corrected chi connectivity index (χ0v) is 18.8. The molecule has 1 aromatic heterocycles. The number of piperazine rings is 1. The quantitative estimate of drug-likeness (QED) is 0.502. The Labute approximate surface area is 195 Å². The van der Waals surface area contributed by atoms with Crippen molar-refractivity contribution in [2.45, 2.75) is 18.6 Å². The molecule has 34 heavy (non-hydrogen) atoms. The molecule has 2 unspecified atom stereocenters. The van der Waals surface area contributed by atoms with Crippen LogP contribution in [-0.4, -0.2) is 98.3 Å². The zero-order chi connectivity index (χ0) is 24.7. The number of hydrogen-bond donors (Lipinski definition) is 2. The number of pyridine rings is 1. The van der Waals surface area contributed by atoms with Crippen molar-refractivity contribution in [3.8, 4) is 6.07 Å². The molecule has 2 aliphatic heterocycles. The molecule has 3 heterocycles. The van der Waals surface area contributed by atoms with Gasteiger partial charge in [-0.25, -0.2) is 10.4 Å². The van der Waals surface area contributed by atoms with Gasteiger partial charge in [0.15, 0.2) is 5.92 Å². The summed E-state index contributed by atoms with van der Waals surface area (Å²) in [6, 6.07) is 4.48. The molecule has 0 spiro atoms. The fraction of sp³-hybridized carbons (Fsp3) is 0.619. The van der Waals surface area contributed by atoms with Crippen molar-refractivity contribution in [2.24, 2.45) is 5.92 Å². The number of anilines is 1. The van der Waals surface area contributed by atoms with Gasteiger partial charge in [-0.05, 0) is 19.2 Å². The Kier molecular flexibility index (Phi) is 8.65. The van der Waals surface area contributed by atoms with Gasteiger partial charge in [0.25, 0.3) is 0 Å². The van der Waals surface area contributed by atoms with E-state index in [4.69, 9.17) is 10.00 Å². The molecule has 0 radical (unpaired) electrons. The molecule has 2 amide bonds. The lowest BCUT2D eigenvalue weighted by Crippen LogP contribution is -2.64. The topological polar surface area (TPSA) is 114 Å². The largest absolute Gasteiger partial charge is 0.402 e. The highest BCUT2D eigenvalue weighted by molar-refractivity contribution is 5.80. The summed E-state index contributed by atoms with van der Waals surface area (Å²) in [5.41, 5.74) is 5.01. The molecule has 0 saturated carbocycles. The van der Waals surface area contributed by atoms with E-state index in [1.807, 2.05) is 16.4 Å². The molecule has 3 rings (SSSR count). The normalized spacial score (nSPS) is 21.4. The molecule has 186 valence electrons. The first-order chi connectivity index (χ1) is 16.2. The van der Waals surface area contributed by atoms with Gasteiger partial charge in [-0.3, -0.25) is 19.9 Å². The second-order valence-electron chi connectivity index (χ2n) is 8.18. The number of amides is 2. The first-order valence-electron chi connectivity index (χ1n) is 11.0. The van der Waals surface area contributed by atoms with Gasteiger partial charge in [0, 0.05) is 51.5 Å². The summed E-state index contributed by atoms with van der Waals surface area (Å²) in [7, 11) is 1.51. The van der Waals surface area contributed by atoms with Crippen LogP contribution in [0.2, 0.25) is 0 Å². The number of hydrazine groups is 1. The van der Waals surface area contributed by atoms with Gasteiger partial charge >= 0.3 is 6.18 Å². The number of rotatable bonds is 8. The lowest BCUT2D eigenvalue weighted by atomic mass is 9.95. The standard InChI is InChI=1S/C21H28F3N7O3/c1-29(16-14-27-28-20(33)19(16)21(22,23)24)9-11-34-10-4-18(32)31-7-5-30(6-8-31)17-3-2-15(12-25)13-26-17/h2-3,13,16,19,27H,4-11,14H2,1H3,(H,28,33). The van der Waals surface area contributed by atoms with Crippen molar-refractivity contribution in [3.05, 3.63) is 23.9 Å². The van der Waals surface area contributed by atoms with Crippen LogP contribution in [0.5, 0.6) is 0 Å². The number of aromatic nitrogens is 1. The van der Waals surface area contributed by atoms with Crippen LogP contribution in [0.25, 0.3) is 0 Å². The van der Waals surface area contributed by atoms with Crippen molar-refractivity contribution in [2.75, 3.05) is 64.4 Å². The van der Waals surface area contributed by atoms with E-state index in [1.165, 1.54) is 18.1 Å². The second kappa shape index (κ2) is 11.5. The third kappa shape index (κ3) is 6.55. The molecule has 2 N–H and O–H groups in total. The molecule has 0 bridgehead atoms. The highest BCUT2D eigenvalue weighted by atomic mass is 19.4. The third-order valence-electron chi connectivity index (χ3n) is 5.99. The van der Waals surface area contributed by atoms with Crippen molar-refractivity contribution in [1.82, 2.24) is 25.6 Å². The number of hydrogen-bond acceptors (Lipinski definition) is 8. The molecule has 10 nitrogen and oxygen atoms in total. The third-order valence-corrected chi connectivity index (χ3v) is 5.99. The van der Waals surface area contributed by atoms with E-state index < -0.39 is 24.0 Å². The summed E-state index contributed by atoms with van der Waals surface area (Å²) in [5.74, 6) is -2.50. The van der Waals surface area contributed by atoms with Gasteiger partial charge in [0.2, 0.25) is 11.8 Å². The van der Waals surface area contributed by atoms with E-state index in [1.54, 1.807) is 17.0 Å². The van der Waals surface area contributed by atoms with Crippen LogP contribution >= 0.6 is 0 Å². The Morgan fingerprint density at radius 3 is 2.65 bits per heavy atom. The molecule has 2 aliphatic rings. The minimum absolute atomic E-state index is 0.0329. The first-order valence-corrected chi connectivity index (χ1v) is 11.0. The summed E-state index contributed by atoms with van der Waals surface area (Å²) < 4.78 is 45.2. The maximum atomic E-state index is 13.3. The zero-order valence-electron chi connectivity index (χ0n) is 18.8. The lowest BCUT2D eigenvalue weighted by Gasteiger charge is -2.38. The van der Waals surface area contributed by atoms with Crippen LogP contribution in [0.3, 0.4) is 0 Å². The van der Waals surface area contributed by atoms with E-state index in [2.05, 4.69) is 10.4 Å². The fourth-order valence-electron chi connectivity index (χ4n) is 4.01. The van der Waals surface area contributed by atoms with Crippen LogP contribution in [0.15, 0.2) is 18.3 Å². The van der Waals surface area contributed by atoms with E-state index >= 15 is 0 Å². The van der Waals surface area contributed by atoms with E-state index in [0.29, 0.717) is 31.7 Å². The predicted molar refractivity (Wildman–Crippen MR) is 115 cm³/mol. The van der Waals surface area contributed by atoms with E-state index in [-0.39, 0.29) is 38.6 Å². The number of nitrogens with one attached hydrogen (secondary N) is 2. The monoisotopic (exact) mass is 483 g/mol. The van der Waals surface area contributed by atoms with Gasteiger partial charge < -0.3 is 14.5 Å². The van der Waals surface area contributed by atoms with Gasteiger partial charge in [0.1, 0.15) is 11.9 Å². The van der Waals surface area contributed by atoms with Gasteiger partial charge in [-0.2, -0.15) is 18.4 Å². The van der Waals surface area contributed by atoms with E-state index in [9.17, 15) is 22.8 Å². The van der Waals surface area contributed by atoms with Crippen molar-refractivity contribution in [1.29, 1.82) is 5.26 Å². The van der Waals surface area contributed by atoms with E-state index in [0.717, 1.165) is 5.82 Å². The average molecular weight is 483 g/mol. The Bertz CT molecular complexity index is 883. The fourth-order valence-corrected chi connectivity index (χ4v) is 4.01. The summed E-state index contributed by atoms with van der Waals surface area (Å²) >= 11 is 0. The number of nitriles is 1. The van der Waals surface area contributed by atoms with Crippen LogP contribution < -0.4 is 15.8 Å². The molecule has 2 saturated heterocycles. The molecule has 0 aliphatic carbocycles. The number of nitrogens with zero attached hydrogens (tertiary/aromatic N) is 5. The molecule has 1 aromatic rings. The summed E-state index contributed by atoms with van der Waals surface area (Å²) in [6.45, 7) is 2.79. The smallest absolute Gasteiger partial charge is 0.380 e. The number of ether oxygens (including phenoxy) is 1. The maximum absolute atomic E-state index is 13.3. The van der Waals surface area contributed by atoms with Gasteiger partial charge in [0.05, 0.1) is 25.2 Å².